The summed E-state index contributed by atoms with van der Waals surface area (Å²) < 4.78 is 0. The molecule has 0 unspecified atom stereocenters. The minimum Gasteiger partial charge on any atom is -0.369 e. The molecule has 4 saturated carbocycles. The van der Waals surface area contributed by atoms with Crippen molar-refractivity contribution in [3.63, 3.8) is 0 Å². The van der Waals surface area contributed by atoms with Crippen molar-refractivity contribution < 1.29 is 4.79 Å². The third-order valence-electron chi connectivity index (χ3n) is 7.17. The second-order valence-electron chi connectivity index (χ2n) is 8.82. The fourth-order valence-corrected chi connectivity index (χ4v) is 6.52. The Morgan fingerprint density at radius 1 is 1.08 bits per heavy atom. The topological polar surface area (TPSA) is 32.3 Å². The molecule has 6 rings (SSSR count). The molecule has 24 heavy (non-hydrogen) atoms. The molecule has 0 aromatic heterocycles. The highest BCUT2D eigenvalue weighted by Crippen LogP contribution is 2.60. The van der Waals surface area contributed by atoms with E-state index in [-0.39, 0.29) is 5.41 Å². The summed E-state index contributed by atoms with van der Waals surface area (Å²) in [5, 5.41) is 3.32. The van der Waals surface area contributed by atoms with E-state index in [0.717, 1.165) is 43.8 Å². The van der Waals surface area contributed by atoms with Gasteiger partial charge in [-0.15, -0.1) is 0 Å². The van der Waals surface area contributed by atoms with Gasteiger partial charge in [-0.1, -0.05) is 18.2 Å². The summed E-state index contributed by atoms with van der Waals surface area (Å²) in [6, 6.07) is 8.68. The number of carbonyl (C=O) groups excluding carboxylic acids is 1. The minimum absolute atomic E-state index is 0.00231. The van der Waals surface area contributed by atoms with E-state index in [1.807, 2.05) is 0 Å². The molecule has 4 aliphatic carbocycles. The summed E-state index contributed by atoms with van der Waals surface area (Å²) in [6.45, 7) is 2.82. The molecule has 4 fully saturated rings. The summed E-state index contributed by atoms with van der Waals surface area (Å²) >= 11 is 0. The van der Waals surface area contributed by atoms with Gasteiger partial charge in [-0.2, -0.15) is 0 Å². The smallest absolute Gasteiger partial charge is 0.226 e. The number of hydrogen-bond donors (Lipinski definition) is 1. The lowest BCUT2D eigenvalue weighted by atomic mass is 9.49. The summed E-state index contributed by atoms with van der Waals surface area (Å²) in [7, 11) is 0. The first-order valence-electron chi connectivity index (χ1n) is 9.83. The zero-order valence-corrected chi connectivity index (χ0v) is 14.5. The molecule has 1 aromatic carbocycles. The van der Waals surface area contributed by atoms with E-state index in [4.69, 9.17) is 0 Å². The Morgan fingerprint density at radius 2 is 1.75 bits per heavy atom. The van der Waals surface area contributed by atoms with E-state index in [2.05, 4.69) is 34.5 Å². The third kappa shape index (κ3) is 2.35. The predicted octanol–water partition coefficient (Wildman–Crippen LogP) is 3.38. The Labute approximate surface area is 144 Å². The number of carbonyl (C=O) groups is 1. The highest BCUT2D eigenvalue weighted by Gasteiger charge is 2.54. The molecule has 1 aliphatic heterocycles. The quantitative estimate of drug-likeness (QED) is 0.921. The number of hydrogen-bond acceptors (Lipinski definition) is 2. The largest absolute Gasteiger partial charge is 0.369 e. The zero-order chi connectivity index (χ0) is 16.1. The average molecular weight is 324 g/mol. The number of fused-ring (bicyclic) bond motifs is 1. The maximum Gasteiger partial charge on any atom is 0.226 e. The molecule has 5 aliphatic rings. The predicted molar refractivity (Wildman–Crippen MR) is 96.0 cm³/mol. The average Bonchev–Trinajstić information content (AvgIpc) is 2.97. The molecule has 0 radical (unpaired) electrons. The zero-order valence-electron chi connectivity index (χ0n) is 14.5. The summed E-state index contributed by atoms with van der Waals surface area (Å²) in [5.41, 5.74) is 2.81. The van der Waals surface area contributed by atoms with Crippen molar-refractivity contribution in [1.82, 2.24) is 5.32 Å². The van der Waals surface area contributed by atoms with Crippen LogP contribution in [0, 0.1) is 23.2 Å². The number of nitrogens with one attached hydrogen (secondary N) is 1. The van der Waals surface area contributed by atoms with Gasteiger partial charge in [-0.05, 0) is 74.3 Å². The van der Waals surface area contributed by atoms with Gasteiger partial charge in [-0.3, -0.25) is 4.79 Å². The van der Waals surface area contributed by atoms with Crippen LogP contribution in [0.2, 0.25) is 0 Å². The van der Waals surface area contributed by atoms with Gasteiger partial charge in [0.1, 0.15) is 0 Å². The third-order valence-corrected chi connectivity index (χ3v) is 7.17. The number of anilines is 1. The molecular weight excluding hydrogens is 296 g/mol. The van der Waals surface area contributed by atoms with Crippen molar-refractivity contribution in [2.45, 2.75) is 44.9 Å². The Morgan fingerprint density at radius 3 is 2.46 bits per heavy atom. The number of rotatable bonds is 4. The van der Waals surface area contributed by atoms with Crippen LogP contribution in [0.15, 0.2) is 24.3 Å². The van der Waals surface area contributed by atoms with Crippen LogP contribution in [0.3, 0.4) is 0 Å². The SMILES string of the molecule is O=C(NCCN1CCc2ccccc21)C12CC3CC(CC(C3)C1)C2. The van der Waals surface area contributed by atoms with Crippen LogP contribution in [0.1, 0.15) is 44.1 Å². The second kappa shape index (κ2) is 5.50. The monoisotopic (exact) mass is 324 g/mol. The van der Waals surface area contributed by atoms with Crippen molar-refractivity contribution in [1.29, 1.82) is 0 Å². The van der Waals surface area contributed by atoms with Crippen molar-refractivity contribution in [2.24, 2.45) is 23.2 Å². The standard InChI is InChI=1S/C21H28N2O/c24-20(21-12-15-9-16(13-21)11-17(10-15)14-21)22-6-8-23-7-5-18-3-1-2-4-19(18)23/h1-4,15-17H,5-14H2,(H,22,24). The van der Waals surface area contributed by atoms with Crippen LogP contribution in [0.4, 0.5) is 5.69 Å². The van der Waals surface area contributed by atoms with Gasteiger partial charge < -0.3 is 10.2 Å². The van der Waals surface area contributed by atoms with Crippen LogP contribution < -0.4 is 10.2 Å². The fraction of sp³-hybridized carbons (Fsp3) is 0.667. The van der Waals surface area contributed by atoms with E-state index in [9.17, 15) is 4.79 Å². The van der Waals surface area contributed by atoms with Gasteiger partial charge >= 0.3 is 0 Å². The lowest BCUT2D eigenvalue weighted by Crippen LogP contribution is -2.54. The molecule has 0 atom stereocenters. The molecule has 1 amide bonds. The Hall–Kier alpha value is -1.51. The van der Waals surface area contributed by atoms with Gasteiger partial charge in [0, 0.05) is 30.7 Å². The van der Waals surface area contributed by atoms with E-state index < -0.39 is 0 Å². The fourth-order valence-electron chi connectivity index (χ4n) is 6.52. The second-order valence-corrected chi connectivity index (χ2v) is 8.82. The summed E-state index contributed by atoms with van der Waals surface area (Å²) in [4.78, 5) is 15.4. The molecular formula is C21H28N2O. The van der Waals surface area contributed by atoms with Crippen LogP contribution in [0.5, 0.6) is 0 Å². The van der Waals surface area contributed by atoms with Gasteiger partial charge in [-0.25, -0.2) is 0 Å². The summed E-state index contributed by atoms with van der Waals surface area (Å²) in [6.07, 6.45) is 8.83. The highest BCUT2D eigenvalue weighted by molar-refractivity contribution is 5.83. The van der Waals surface area contributed by atoms with Crippen LogP contribution in [0.25, 0.3) is 0 Å². The molecule has 1 heterocycles. The van der Waals surface area contributed by atoms with Crippen molar-refractivity contribution in [2.75, 3.05) is 24.5 Å². The molecule has 4 bridgehead atoms. The summed E-state index contributed by atoms with van der Waals surface area (Å²) in [5.74, 6) is 2.89. The normalized spacial score (nSPS) is 36.0. The van der Waals surface area contributed by atoms with E-state index in [0.29, 0.717) is 5.91 Å². The number of amides is 1. The van der Waals surface area contributed by atoms with Gasteiger partial charge in [0.05, 0.1) is 0 Å². The van der Waals surface area contributed by atoms with E-state index in [1.54, 1.807) is 0 Å². The van der Waals surface area contributed by atoms with Crippen molar-refractivity contribution >= 4 is 11.6 Å². The Balaban J connectivity index is 1.20. The first kappa shape index (κ1) is 14.8. The molecule has 0 spiro atoms. The van der Waals surface area contributed by atoms with Crippen molar-refractivity contribution in [3.05, 3.63) is 29.8 Å². The lowest BCUT2D eigenvalue weighted by molar-refractivity contribution is -0.146. The van der Waals surface area contributed by atoms with Crippen LogP contribution in [-0.2, 0) is 11.2 Å². The number of nitrogens with zero attached hydrogens (tertiary/aromatic N) is 1. The first-order chi connectivity index (χ1) is 11.7. The van der Waals surface area contributed by atoms with Gasteiger partial charge in [0.15, 0.2) is 0 Å². The molecule has 3 heteroatoms. The van der Waals surface area contributed by atoms with E-state index >= 15 is 0 Å². The molecule has 3 nitrogen and oxygen atoms in total. The number of benzene rings is 1. The van der Waals surface area contributed by atoms with Gasteiger partial charge in [0.2, 0.25) is 5.91 Å². The first-order valence-corrected chi connectivity index (χ1v) is 9.83. The highest BCUT2D eigenvalue weighted by atomic mass is 16.2. The molecule has 1 N–H and O–H groups in total. The maximum absolute atomic E-state index is 13.0. The van der Waals surface area contributed by atoms with Crippen LogP contribution in [-0.4, -0.2) is 25.5 Å². The number of para-hydroxylation sites is 1. The van der Waals surface area contributed by atoms with Gasteiger partial charge in [0.25, 0.3) is 0 Å². The minimum atomic E-state index is -0.00231. The molecule has 128 valence electrons. The molecule has 0 saturated heterocycles. The lowest BCUT2D eigenvalue weighted by Gasteiger charge is -2.55. The molecule has 1 aromatic rings. The van der Waals surface area contributed by atoms with E-state index in [1.165, 1.54) is 49.8 Å². The Bertz CT molecular complexity index is 618. The Kier molecular flexibility index (Phi) is 3.39. The maximum atomic E-state index is 13.0. The van der Waals surface area contributed by atoms with Crippen LogP contribution >= 0.6 is 0 Å². The van der Waals surface area contributed by atoms with Crippen molar-refractivity contribution in [3.8, 4) is 0 Å².